The smallest absolute Gasteiger partial charge is 0.407 e. The third-order valence-electron chi connectivity index (χ3n) is 1.67. The topological polar surface area (TPSA) is 78.9 Å². The van der Waals surface area contributed by atoms with Gasteiger partial charge < -0.3 is 9.94 Å². The zero-order chi connectivity index (χ0) is 9.14. The van der Waals surface area contributed by atoms with Crippen LogP contribution in [0.2, 0.25) is 0 Å². The summed E-state index contributed by atoms with van der Waals surface area (Å²) in [7, 11) is 1.39. The fourth-order valence-electron chi connectivity index (χ4n) is 1.08. The molecular weight excluding hydrogens is 164 g/mol. The molecular formula is C6H10N2O4. The quantitative estimate of drug-likeness (QED) is 0.529. The van der Waals surface area contributed by atoms with E-state index in [9.17, 15) is 9.59 Å². The average molecular weight is 174 g/mol. The van der Waals surface area contributed by atoms with E-state index in [0.717, 1.165) is 4.90 Å². The first-order valence-electron chi connectivity index (χ1n) is 3.44. The van der Waals surface area contributed by atoms with E-state index in [1.165, 1.54) is 7.11 Å². The van der Waals surface area contributed by atoms with Crippen molar-refractivity contribution in [2.45, 2.75) is 6.04 Å². The molecule has 2 N–H and O–H groups in total. The number of hydrogen-bond donors (Lipinski definition) is 2. The van der Waals surface area contributed by atoms with Gasteiger partial charge in [-0.05, 0) is 0 Å². The zero-order valence-electron chi connectivity index (χ0n) is 6.61. The van der Waals surface area contributed by atoms with E-state index in [0.29, 0.717) is 0 Å². The van der Waals surface area contributed by atoms with Gasteiger partial charge in [0.1, 0.15) is 6.04 Å². The molecule has 1 fully saturated rings. The molecule has 1 atom stereocenters. The van der Waals surface area contributed by atoms with Crippen molar-refractivity contribution in [1.29, 1.82) is 0 Å². The van der Waals surface area contributed by atoms with Crippen molar-refractivity contribution in [2.24, 2.45) is 0 Å². The number of carbonyl (C=O) groups excluding carboxylic acids is 1. The molecule has 1 heterocycles. The molecule has 0 bridgehead atoms. The number of likely N-dealkylation sites (tertiary alicyclic amines) is 1. The van der Waals surface area contributed by atoms with E-state index >= 15 is 0 Å². The lowest BCUT2D eigenvalue weighted by atomic mass is 10.3. The number of nitrogens with zero attached hydrogens (tertiary/aromatic N) is 1. The first-order valence-corrected chi connectivity index (χ1v) is 3.44. The predicted octanol–water partition coefficient (Wildman–Crippen LogP) is -0.931. The van der Waals surface area contributed by atoms with Gasteiger partial charge in [-0.1, -0.05) is 0 Å². The summed E-state index contributed by atoms with van der Waals surface area (Å²) in [6, 6.07) is -0.522. The van der Waals surface area contributed by atoms with Gasteiger partial charge in [0.25, 0.3) is 0 Å². The summed E-state index contributed by atoms with van der Waals surface area (Å²) >= 11 is 0. The molecule has 0 aromatic rings. The summed E-state index contributed by atoms with van der Waals surface area (Å²) in [5, 5.41) is 8.52. The Hall–Kier alpha value is -1.14. The summed E-state index contributed by atoms with van der Waals surface area (Å²) in [6.07, 6.45) is -1.08. The maximum Gasteiger partial charge on any atom is 0.407 e. The number of carbonyl (C=O) groups is 2. The van der Waals surface area contributed by atoms with Crippen LogP contribution in [0.5, 0.6) is 0 Å². The minimum atomic E-state index is -1.08. The number of hydroxylamine groups is 1. The SMILES string of the molecule is CONC1CN(C(=O)O)CC1=O. The maximum atomic E-state index is 11.0. The molecule has 6 nitrogen and oxygen atoms in total. The van der Waals surface area contributed by atoms with E-state index in [1.54, 1.807) is 0 Å². The van der Waals surface area contributed by atoms with Crippen LogP contribution in [-0.2, 0) is 9.63 Å². The highest BCUT2D eigenvalue weighted by atomic mass is 16.6. The first kappa shape index (κ1) is 8.95. The van der Waals surface area contributed by atoms with Crippen LogP contribution in [0, 0.1) is 0 Å². The van der Waals surface area contributed by atoms with Crippen molar-refractivity contribution >= 4 is 11.9 Å². The van der Waals surface area contributed by atoms with Crippen LogP contribution < -0.4 is 5.48 Å². The van der Waals surface area contributed by atoms with Crippen LogP contribution in [0.15, 0.2) is 0 Å². The van der Waals surface area contributed by atoms with Crippen LogP contribution in [0.3, 0.4) is 0 Å². The molecule has 12 heavy (non-hydrogen) atoms. The van der Waals surface area contributed by atoms with E-state index < -0.39 is 12.1 Å². The number of amides is 1. The monoisotopic (exact) mass is 174 g/mol. The predicted molar refractivity (Wildman–Crippen MR) is 38.5 cm³/mol. The van der Waals surface area contributed by atoms with Crippen LogP contribution in [0.25, 0.3) is 0 Å². The first-order chi connectivity index (χ1) is 5.65. The Balaban J connectivity index is 2.50. The number of rotatable bonds is 2. The molecule has 1 unspecified atom stereocenters. The molecule has 0 spiro atoms. The van der Waals surface area contributed by atoms with Gasteiger partial charge in [0.15, 0.2) is 5.78 Å². The minimum absolute atomic E-state index is 0.0592. The molecule has 0 radical (unpaired) electrons. The van der Waals surface area contributed by atoms with Gasteiger partial charge in [-0.25, -0.2) is 4.79 Å². The Labute approximate surface area is 69.1 Å². The molecule has 1 aliphatic rings. The second-order valence-corrected chi connectivity index (χ2v) is 2.50. The Kier molecular flexibility index (Phi) is 2.61. The summed E-state index contributed by atoms with van der Waals surface area (Å²) in [6.45, 7) is 0.0956. The molecule has 0 aliphatic carbocycles. The minimum Gasteiger partial charge on any atom is -0.465 e. The van der Waals surface area contributed by atoms with Gasteiger partial charge >= 0.3 is 6.09 Å². The highest BCUT2D eigenvalue weighted by Gasteiger charge is 2.33. The number of carboxylic acid groups (broad SMARTS) is 1. The largest absolute Gasteiger partial charge is 0.465 e. The molecule has 68 valence electrons. The van der Waals surface area contributed by atoms with Gasteiger partial charge in [0.2, 0.25) is 0 Å². The molecule has 6 heteroatoms. The fraction of sp³-hybridized carbons (Fsp3) is 0.667. The molecule has 1 saturated heterocycles. The number of ketones is 1. The van der Waals surface area contributed by atoms with Gasteiger partial charge in [-0.15, -0.1) is 0 Å². The normalized spacial score (nSPS) is 23.2. The standard InChI is InChI=1S/C6H10N2O4/c1-12-7-4-2-8(6(10)11)3-5(4)9/h4,7H,2-3H2,1H3,(H,10,11). The van der Waals surface area contributed by atoms with E-state index in [2.05, 4.69) is 10.3 Å². The van der Waals surface area contributed by atoms with Crippen molar-refractivity contribution in [1.82, 2.24) is 10.4 Å². The molecule has 1 amide bonds. The van der Waals surface area contributed by atoms with E-state index in [-0.39, 0.29) is 18.9 Å². The van der Waals surface area contributed by atoms with Crippen molar-refractivity contribution in [3.8, 4) is 0 Å². The number of nitrogens with one attached hydrogen (secondary N) is 1. The zero-order valence-corrected chi connectivity index (χ0v) is 6.61. The van der Waals surface area contributed by atoms with Crippen molar-refractivity contribution in [3.63, 3.8) is 0 Å². The Morgan fingerprint density at radius 1 is 1.83 bits per heavy atom. The summed E-state index contributed by atoms with van der Waals surface area (Å²) in [5.74, 6) is -0.167. The third kappa shape index (κ3) is 1.72. The van der Waals surface area contributed by atoms with Crippen molar-refractivity contribution in [3.05, 3.63) is 0 Å². The third-order valence-corrected chi connectivity index (χ3v) is 1.67. The van der Waals surface area contributed by atoms with Gasteiger partial charge in [0, 0.05) is 6.54 Å². The second-order valence-electron chi connectivity index (χ2n) is 2.50. The van der Waals surface area contributed by atoms with Crippen molar-refractivity contribution < 1.29 is 19.5 Å². The lowest BCUT2D eigenvalue weighted by molar-refractivity contribution is -0.121. The Morgan fingerprint density at radius 3 is 2.92 bits per heavy atom. The average Bonchev–Trinajstić information content (AvgIpc) is 2.34. The molecule has 0 aromatic carbocycles. The van der Waals surface area contributed by atoms with Gasteiger partial charge in [-0.2, -0.15) is 5.48 Å². The van der Waals surface area contributed by atoms with Gasteiger partial charge in [-0.3, -0.25) is 9.69 Å². The lowest BCUT2D eigenvalue weighted by Crippen LogP contribution is -2.36. The second kappa shape index (κ2) is 3.51. The Bertz CT molecular complexity index is 206. The summed E-state index contributed by atoms with van der Waals surface area (Å²) in [5.41, 5.74) is 2.42. The van der Waals surface area contributed by atoms with Crippen LogP contribution in [-0.4, -0.2) is 48.1 Å². The summed E-state index contributed by atoms with van der Waals surface area (Å²) in [4.78, 5) is 27.0. The van der Waals surface area contributed by atoms with Gasteiger partial charge in [0.05, 0.1) is 13.7 Å². The van der Waals surface area contributed by atoms with E-state index in [4.69, 9.17) is 5.11 Å². The lowest BCUT2D eigenvalue weighted by Gasteiger charge is -2.10. The highest BCUT2D eigenvalue weighted by Crippen LogP contribution is 2.05. The van der Waals surface area contributed by atoms with Crippen LogP contribution >= 0.6 is 0 Å². The molecule has 1 rings (SSSR count). The number of hydrogen-bond acceptors (Lipinski definition) is 4. The van der Waals surface area contributed by atoms with Crippen molar-refractivity contribution in [2.75, 3.05) is 20.2 Å². The molecule has 0 saturated carbocycles. The highest BCUT2D eigenvalue weighted by molar-refractivity contribution is 5.91. The van der Waals surface area contributed by atoms with Crippen LogP contribution in [0.4, 0.5) is 4.79 Å². The summed E-state index contributed by atoms with van der Waals surface area (Å²) < 4.78 is 0. The van der Waals surface area contributed by atoms with E-state index in [1.807, 2.05) is 0 Å². The molecule has 0 aromatic heterocycles. The van der Waals surface area contributed by atoms with Crippen LogP contribution in [0.1, 0.15) is 0 Å². The Morgan fingerprint density at radius 2 is 2.50 bits per heavy atom. The fourth-order valence-corrected chi connectivity index (χ4v) is 1.08. The maximum absolute atomic E-state index is 11.0. The molecule has 1 aliphatic heterocycles. The number of Topliss-reactive ketones (excluding diaryl/α,β-unsaturated/α-hetero) is 1.